The Balaban J connectivity index is 1.75. The fraction of sp³-hybridized carbons (Fsp3) is 0.261. The van der Waals surface area contributed by atoms with Crippen molar-refractivity contribution in [3.8, 4) is 11.1 Å². The number of hydrogen-bond acceptors (Lipinski definition) is 8. The van der Waals surface area contributed by atoms with E-state index in [0.29, 0.717) is 21.7 Å². The van der Waals surface area contributed by atoms with E-state index in [1.165, 1.54) is 25.1 Å². The van der Waals surface area contributed by atoms with Gasteiger partial charge in [0.05, 0.1) is 6.20 Å². The molecule has 190 valence electrons. The van der Waals surface area contributed by atoms with Crippen LogP contribution < -0.4 is 10.2 Å². The van der Waals surface area contributed by atoms with Gasteiger partial charge in [0.25, 0.3) is 12.7 Å². The van der Waals surface area contributed by atoms with Crippen LogP contribution in [0.25, 0.3) is 11.1 Å². The van der Waals surface area contributed by atoms with Crippen molar-refractivity contribution < 1.29 is 38.6 Å². The highest BCUT2D eigenvalue weighted by Crippen LogP contribution is 2.26. The molecule has 11 nitrogen and oxygen atoms in total. The van der Waals surface area contributed by atoms with Crippen LogP contribution in [0.1, 0.15) is 29.4 Å². The van der Waals surface area contributed by atoms with E-state index in [0.717, 1.165) is 11.0 Å². The summed E-state index contributed by atoms with van der Waals surface area (Å²) in [5.41, 5.74) is 1.42. The van der Waals surface area contributed by atoms with Gasteiger partial charge in [-0.1, -0.05) is 40.7 Å². The molecule has 0 saturated heterocycles. The van der Waals surface area contributed by atoms with Crippen LogP contribution in [0, 0.1) is 5.82 Å². The van der Waals surface area contributed by atoms with Crippen LogP contribution in [0.2, 0.25) is 5.02 Å². The smallest absolute Gasteiger partial charge is 0.332 e. The van der Waals surface area contributed by atoms with Crippen molar-refractivity contribution in [3.05, 3.63) is 70.8 Å². The van der Waals surface area contributed by atoms with Crippen LogP contribution in [0.3, 0.4) is 0 Å². The van der Waals surface area contributed by atoms with Crippen LogP contribution in [0.15, 0.2) is 48.7 Å². The summed E-state index contributed by atoms with van der Waals surface area (Å²) in [6.45, 7) is 0.661. The molecular weight excluding hydrogens is 499 g/mol. The van der Waals surface area contributed by atoms with Crippen molar-refractivity contribution in [2.45, 2.75) is 31.9 Å². The molecule has 36 heavy (non-hydrogen) atoms. The van der Waals surface area contributed by atoms with Gasteiger partial charge in [-0.15, -0.1) is 5.10 Å². The molecule has 13 heteroatoms. The van der Waals surface area contributed by atoms with Gasteiger partial charge in [0.1, 0.15) is 5.82 Å². The lowest BCUT2D eigenvalue weighted by Crippen LogP contribution is -2.41. The fourth-order valence-electron chi connectivity index (χ4n) is 3.27. The lowest BCUT2D eigenvalue weighted by Gasteiger charge is -2.20. The second-order valence-corrected chi connectivity index (χ2v) is 8.10. The van der Waals surface area contributed by atoms with Crippen LogP contribution in [0.4, 0.5) is 4.39 Å². The minimum absolute atomic E-state index is 0.143. The number of hydrogen-bond donors (Lipinski definition) is 3. The van der Waals surface area contributed by atoms with Crippen LogP contribution in [0.5, 0.6) is 0 Å². The third kappa shape index (κ3) is 7.23. The number of aliphatic hydroxyl groups excluding tert-OH is 1. The van der Waals surface area contributed by atoms with Gasteiger partial charge in [-0.3, -0.25) is 9.59 Å². The van der Waals surface area contributed by atoms with Crippen LogP contribution >= 0.6 is 11.6 Å². The zero-order chi connectivity index (χ0) is 26.2. The molecule has 0 radical (unpaired) electrons. The van der Waals surface area contributed by atoms with Crippen LogP contribution in [-0.2, 0) is 20.7 Å². The van der Waals surface area contributed by atoms with Gasteiger partial charge in [-0.05, 0) is 41.0 Å². The Morgan fingerprint density at radius 3 is 2.58 bits per heavy atom. The molecular formula is C23H22ClFN4O7. The van der Waals surface area contributed by atoms with Gasteiger partial charge >= 0.3 is 11.9 Å². The lowest BCUT2D eigenvalue weighted by molar-refractivity contribution is -0.155. The zero-order valence-electron chi connectivity index (χ0n) is 18.9. The monoisotopic (exact) mass is 520 g/mol. The summed E-state index contributed by atoms with van der Waals surface area (Å²) in [5, 5.41) is 29.2. The van der Waals surface area contributed by atoms with Crippen molar-refractivity contribution in [2.24, 2.45) is 0 Å². The van der Waals surface area contributed by atoms with Crippen molar-refractivity contribution in [3.63, 3.8) is 0 Å². The largest absolute Gasteiger partial charge is 0.479 e. The Morgan fingerprint density at radius 2 is 1.92 bits per heavy atom. The van der Waals surface area contributed by atoms with E-state index in [4.69, 9.17) is 21.5 Å². The van der Waals surface area contributed by atoms with E-state index in [-0.39, 0.29) is 18.5 Å². The maximum absolute atomic E-state index is 14.2. The van der Waals surface area contributed by atoms with E-state index >= 15 is 0 Å². The Kier molecular flexibility index (Phi) is 8.92. The Hall–Kier alpha value is -4.03. The number of amides is 1. The number of nitrogens with one attached hydrogen (secondary N) is 1. The molecule has 0 saturated carbocycles. The predicted octanol–water partition coefficient (Wildman–Crippen LogP) is 1.86. The number of aliphatic hydroxyl groups is 1. The average Bonchev–Trinajstić information content (AvgIpc) is 3.29. The number of rotatable bonds is 11. The van der Waals surface area contributed by atoms with E-state index in [9.17, 15) is 23.9 Å². The number of carbonyl (C=O) groups is 3. The second kappa shape index (κ2) is 12.1. The highest BCUT2D eigenvalue weighted by Gasteiger charge is 2.24. The highest BCUT2D eigenvalue weighted by atomic mass is 35.5. The molecule has 1 amide bonds. The van der Waals surface area contributed by atoms with Crippen molar-refractivity contribution in [1.29, 1.82) is 0 Å². The summed E-state index contributed by atoms with van der Waals surface area (Å²) in [7, 11) is 0. The summed E-state index contributed by atoms with van der Waals surface area (Å²) in [5.74, 6) is -3.21. The number of halogens is 2. The van der Waals surface area contributed by atoms with Crippen molar-refractivity contribution in [2.75, 3.05) is 6.79 Å². The van der Waals surface area contributed by atoms with Crippen molar-refractivity contribution in [1.82, 2.24) is 20.5 Å². The second-order valence-electron chi connectivity index (χ2n) is 7.66. The molecule has 0 fully saturated rings. The molecule has 0 spiro atoms. The standard InChI is InChI=1S/C23H22ClFN4O7/c1-13(30)35-12-36-29-20(11-26-28-29)22(32)27-17(10-21(31)23(33)34)8-14-2-4-15(5-3-14)18-9-16(24)6-7-19(18)25/h2-7,9,11,17,21,31H,8,10,12H2,1H3,(H,27,32)(H,33,34). The molecule has 2 aromatic carbocycles. The number of esters is 1. The number of aliphatic carboxylic acids is 1. The number of nitrogens with zero attached hydrogens (tertiary/aromatic N) is 3. The highest BCUT2D eigenvalue weighted by molar-refractivity contribution is 6.30. The normalized spacial score (nSPS) is 12.4. The summed E-state index contributed by atoms with van der Waals surface area (Å²) in [6.07, 6.45) is -0.799. The van der Waals surface area contributed by atoms with Crippen LogP contribution in [-0.4, -0.2) is 62.2 Å². The molecule has 3 aromatic rings. The number of aromatic nitrogens is 3. The first-order valence-corrected chi connectivity index (χ1v) is 10.9. The molecule has 0 bridgehead atoms. The summed E-state index contributed by atoms with van der Waals surface area (Å²) >= 11 is 5.96. The molecule has 3 rings (SSSR count). The molecule has 2 atom stereocenters. The number of ether oxygens (including phenoxy) is 1. The molecule has 0 aliphatic carbocycles. The molecule has 0 aliphatic rings. The minimum Gasteiger partial charge on any atom is -0.479 e. The third-order valence-electron chi connectivity index (χ3n) is 4.99. The summed E-state index contributed by atoms with van der Waals surface area (Å²) in [4.78, 5) is 40.7. The molecule has 0 aliphatic heterocycles. The van der Waals surface area contributed by atoms with E-state index in [1.807, 2.05) is 0 Å². The SMILES string of the molecule is CC(=O)OCOn1nncc1C(=O)NC(Cc1ccc(-c2cc(Cl)ccc2F)cc1)CC(O)C(=O)O. The van der Waals surface area contributed by atoms with Gasteiger partial charge < -0.3 is 25.1 Å². The lowest BCUT2D eigenvalue weighted by atomic mass is 9.97. The van der Waals surface area contributed by atoms with Gasteiger partial charge in [0, 0.05) is 30.0 Å². The Morgan fingerprint density at radius 1 is 1.19 bits per heavy atom. The van der Waals surface area contributed by atoms with E-state index in [2.05, 4.69) is 20.4 Å². The molecule has 3 N–H and O–H groups in total. The quantitative estimate of drug-likeness (QED) is 0.254. The number of benzene rings is 2. The molecule has 1 heterocycles. The number of carbonyl (C=O) groups excluding carboxylic acids is 2. The maximum atomic E-state index is 14.2. The first-order valence-electron chi connectivity index (χ1n) is 10.6. The van der Waals surface area contributed by atoms with Gasteiger partial charge in [-0.25, -0.2) is 9.18 Å². The number of carboxylic acids is 1. The molecule has 1 aromatic heterocycles. The Labute approximate surface area is 209 Å². The van der Waals surface area contributed by atoms with Crippen molar-refractivity contribution >= 4 is 29.4 Å². The summed E-state index contributed by atoms with van der Waals surface area (Å²) < 4.78 is 18.8. The van der Waals surface area contributed by atoms with E-state index < -0.39 is 42.6 Å². The van der Waals surface area contributed by atoms with E-state index in [1.54, 1.807) is 24.3 Å². The first-order chi connectivity index (χ1) is 17.1. The first kappa shape index (κ1) is 26.6. The zero-order valence-corrected chi connectivity index (χ0v) is 19.7. The van der Waals surface area contributed by atoms with Gasteiger partial charge in [0.2, 0.25) is 0 Å². The Bertz CT molecular complexity index is 1240. The minimum atomic E-state index is -1.74. The number of carboxylic acid groups (broad SMARTS) is 1. The van der Waals surface area contributed by atoms with Gasteiger partial charge in [-0.2, -0.15) is 0 Å². The maximum Gasteiger partial charge on any atom is 0.332 e. The summed E-state index contributed by atoms with van der Waals surface area (Å²) in [6, 6.07) is 10.1. The third-order valence-corrected chi connectivity index (χ3v) is 5.23. The fourth-order valence-corrected chi connectivity index (χ4v) is 3.44. The average molecular weight is 521 g/mol. The predicted molar refractivity (Wildman–Crippen MR) is 123 cm³/mol. The molecule has 2 unspecified atom stereocenters. The topological polar surface area (TPSA) is 153 Å². The van der Waals surface area contributed by atoms with Gasteiger partial charge in [0.15, 0.2) is 11.8 Å².